The number of likely N-dealkylation sites (N-methyl/N-ethyl adjacent to an activating group) is 1. The average molecular weight is 261 g/mol. The third-order valence-corrected chi connectivity index (χ3v) is 3.33. The molecule has 1 aromatic heterocycles. The fourth-order valence-corrected chi connectivity index (χ4v) is 2.17. The zero-order valence-corrected chi connectivity index (χ0v) is 11.4. The number of pyridine rings is 1. The van der Waals surface area contributed by atoms with Crippen molar-refractivity contribution in [1.29, 1.82) is 0 Å². The van der Waals surface area contributed by atoms with Gasteiger partial charge >= 0.3 is 0 Å². The van der Waals surface area contributed by atoms with Crippen molar-refractivity contribution >= 4 is 11.8 Å². The van der Waals surface area contributed by atoms with Gasteiger partial charge < -0.3 is 9.80 Å². The minimum Gasteiger partial charge on any atom is -0.341 e. The first-order valence-electron chi connectivity index (χ1n) is 6.55. The standard InChI is InChI=1S/C14H19N3O2/c1-11-5-3-6-12(15-11)14(19)16(2)9-10-17-8-4-7-13(17)18/h3,5-6H,4,7-10H2,1-2H3. The molecule has 0 unspecified atom stereocenters. The summed E-state index contributed by atoms with van der Waals surface area (Å²) in [7, 11) is 1.74. The quantitative estimate of drug-likeness (QED) is 0.815. The summed E-state index contributed by atoms with van der Waals surface area (Å²) in [5, 5.41) is 0. The fraction of sp³-hybridized carbons (Fsp3) is 0.500. The molecule has 0 radical (unpaired) electrons. The molecule has 2 rings (SSSR count). The highest BCUT2D eigenvalue weighted by molar-refractivity contribution is 5.92. The van der Waals surface area contributed by atoms with E-state index in [4.69, 9.17) is 0 Å². The van der Waals surface area contributed by atoms with Crippen LogP contribution in [0.4, 0.5) is 0 Å². The predicted octanol–water partition coefficient (Wildman–Crippen LogP) is 1.08. The van der Waals surface area contributed by atoms with Crippen molar-refractivity contribution in [3.63, 3.8) is 0 Å². The van der Waals surface area contributed by atoms with Gasteiger partial charge in [-0.25, -0.2) is 4.98 Å². The smallest absolute Gasteiger partial charge is 0.272 e. The molecule has 1 fully saturated rings. The van der Waals surface area contributed by atoms with Gasteiger partial charge in [-0.1, -0.05) is 6.07 Å². The van der Waals surface area contributed by atoms with Gasteiger partial charge in [0.1, 0.15) is 5.69 Å². The van der Waals surface area contributed by atoms with E-state index in [2.05, 4.69) is 4.98 Å². The van der Waals surface area contributed by atoms with Gasteiger partial charge in [-0.3, -0.25) is 9.59 Å². The second-order valence-corrected chi connectivity index (χ2v) is 4.88. The Labute approximate surface area is 113 Å². The molecule has 0 atom stereocenters. The summed E-state index contributed by atoms with van der Waals surface area (Å²) in [6.45, 7) is 3.82. The number of hydrogen-bond acceptors (Lipinski definition) is 3. The number of likely N-dealkylation sites (tertiary alicyclic amines) is 1. The Morgan fingerprint density at radius 1 is 1.47 bits per heavy atom. The van der Waals surface area contributed by atoms with E-state index in [0.717, 1.165) is 18.7 Å². The lowest BCUT2D eigenvalue weighted by molar-refractivity contribution is -0.127. The molecule has 0 bridgehead atoms. The Balaban J connectivity index is 1.90. The van der Waals surface area contributed by atoms with Crippen LogP contribution < -0.4 is 0 Å². The van der Waals surface area contributed by atoms with Crippen molar-refractivity contribution in [2.24, 2.45) is 0 Å². The highest BCUT2D eigenvalue weighted by Crippen LogP contribution is 2.09. The van der Waals surface area contributed by atoms with E-state index in [1.54, 1.807) is 18.0 Å². The van der Waals surface area contributed by atoms with Crippen LogP contribution in [0.1, 0.15) is 29.0 Å². The van der Waals surface area contributed by atoms with Gasteiger partial charge in [-0.2, -0.15) is 0 Å². The molecule has 0 aliphatic carbocycles. The second-order valence-electron chi connectivity index (χ2n) is 4.88. The van der Waals surface area contributed by atoms with Gasteiger partial charge in [0, 0.05) is 38.8 Å². The van der Waals surface area contributed by atoms with Crippen LogP contribution in [0.25, 0.3) is 0 Å². The van der Waals surface area contributed by atoms with Gasteiger partial charge in [0.25, 0.3) is 5.91 Å². The largest absolute Gasteiger partial charge is 0.341 e. The molecule has 1 aliphatic rings. The normalized spacial score (nSPS) is 14.8. The molecule has 0 aromatic carbocycles. The van der Waals surface area contributed by atoms with Crippen molar-refractivity contribution < 1.29 is 9.59 Å². The fourth-order valence-electron chi connectivity index (χ4n) is 2.17. The summed E-state index contributed by atoms with van der Waals surface area (Å²) in [6, 6.07) is 5.40. The van der Waals surface area contributed by atoms with Crippen LogP contribution in [-0.2, 0) is 4.79 Å². The lowest BCUT2D eigenvalue weighted by Gasteiger charge is -2.21. The van der Waals surface area contributed by atoms with Gasteiger partial charge in [0.05, 0.1) is 0 Å². The monoisotopic (exact) mass is 261 g/mol. The molecule has 2 amide bonds. The van der Waals surface area contributed by atoms with Gasteiger partial charge in [-0.15, -0.1) is 0 Å². The molecule has 0 spiro atoms. The highest BCUT2D eigenvalue weighted by Gasteiger charge is 2.21. The maximum Gasteiger partial charge on any atom is 0.272 e. The summed E-state index contributed by atoms with van der Waals surface area (Å²) >= 11 is 0. The molecule has 1 saturated heterocycles. The summed E-state index contributed by atoms with van der Waals surface area (Å²) in [6.07, 6.45) is 1.56. The van der Waals surface area contributed by atoms with Crippen molar-refractivity contribution in [2.45, 2.75) is 19.8 Å². The van der Waals surface area contributed by atoms with Gasteiger partial charge in [0.15, 0.2) is 0 Å². The Bertz CT molecular complexity index is 487. The van der Waals surface area contributed by atoms with E-state index in [-0.39, 0.29) is 11.8 Å². The van der Waals surface area contributed by atoms with Gasteiger partial charge in [-0.05, 0) is 25.5 Å². The molecule has 2 heterocycles. The van der Waals surface area contributed by atoms with E-state index >= 15 is 0 Å². The SMILES string of the molecule is Cc1cccc(C(=O)N(C)CCN2CCCC2=O)n1. The number of aryl methyl sites for hydroxylation is 1. The van der Waals surface area contributed by atoms with E-state index < -0.39 is 0 Å². The number of nitrogens with zero attached hydrogens (tertiary/aromatic N) is 3. The highest BCUT2D eigenvalue weighted by atomic mass is 16.2. The zero-order chi connectivity index (χ0) is 13.8. The lowest BCUT2D eigenvalue weighted by Crippen LogP contribution is -2.37. The average Bonchev–Trinajstić information content (AvgIpc) is 2.80. The summed E-state index contributed by atoms with van der Waals surface area (Å²) in [4.78, 5) is 31.3. The van der Waals surface area contributed by atoms with Gasteiger partial charge in [0.2, 0.25) is 5.91 Å². The topological polar surface area (TPSA) is 53.5 Å². The maximum absolute atomic E-state index is 12.1. The Morgan fingerprint density at radius 3 is 2.89 bits per heavy atom. The molecule has 5 nitrogen and oxygen atoms in total. The minimum absolute atomic E-state index is 0.102. The third-order valence-electron chi connectivity index (χ3n) is 3.33. The van der Waals surface area contributed by atoms with Crippen LogP contribution in [0.5, 0.6) is 0 Å². The summed E-state index contributed by atoms with van der Waals surface area (Å²) in [5.74, 6) is 0.0878. The van der Waals surface area contributed by atoms with Crippen LogP contribution in [0.3, 0.4) is 0 Å². The van der Waals surface area contributed by atoms with E-state index in [1.165, 1.54) is 0 Å². The number of hydrogen-bond donors (Lipinski definition) is 0. The number of amides is 2. The molecule has 0 saturated carbocycles. The number of aromatic nitrogens is 1. The van der Waals surface area contributed by atoms with Crippen LogP contribution >= 0.6 is 0 Å². The first-order chi connectivity index (χ1) is 9.08. The Morgan fingerprint density at radius 2 is 2.26 bits per heavy atom. The summed E-state index contributed by atoms with van der Waals surface area (Å²) < 4.78 is 0. The Hall–Kier alpha value is -1.91. The maximum atomic E-state index is 12.1. The minimum atomic E-state index is -0.102. The molecular formula is C14H19N3O2. The van der Waals surface area contributed by atoms with Crippen molar-refractivity contribution in [3.8, 4) is 0 Å². The van der Waals surface area contributed by atoms with Crippen LogP contribution in [0.2, 0.25) is 0 Å². The predicted molar refractivity (Wildman–Crippen MR) is 71.7 cm³/mol. The second kappa shape index (κ2) is 5.82. The molecule has 5 heteroatoms. The zero-order valence-electron chi connectivity index (χ0n) is 11.4. The Kier molecular flexibility index (Phi) is 4.14. The van der Waals surface area contributed by atoms with Crippen molar-refractivity contribution in [2.75, 3.05) is 26.7 Å². The van der Waals surface area contributed by atoms with Crippen LogP contribution in [-0.4, -0.2) is 53.3 Å². The number of carbonyl (C=O) groups is 2. The number of rotatable bonds is 4. The van der Waals surface area contributed by atoms with Crippen molar-refractivity contribution in [1.82, 2.24) is 14.8 Å². The number of carbonyl (C=O) groups excluding carboxylic acids is 2. The lowest BCUT2D eigenvalue weighted by atomic mass is 10.3. The summed E-state index contributed by atoms with van der Waals surface area (Å²) in [5.41, 5.74) is 1.28. The molecule has 1 aromatic rings. The molecular weight excluding hydrogens is 242 g/mol. The molecule has 1 aliphatic heterocycles. The molecule has 102 valence electrons. The van der Waals surface area contributed by atoms with Crippen molar-refractivity contribution in [3.05, 3.63) is 29.6 Å². The van der Waals surface area contributed by atoms with E-state index in [9.17, 15) is 9.59 Å². The molecule has 0 N–H and O–H groups in total. The van der Waals surface area contributed by atoms with E-state index in [0.29, 0.717) is 25.2 Å². The first-order valence-corrected chi connectivity index (χ1v) is 6.55. The van der Waals surface area contributed by atoms with Crippen LogP contribution in [0, 0.1) is 6.92 Å². The third kappa shape index (κ3) is 3.30. The first kappa shape index (κ1) is 13.5. The van der Waals surface area contributed by atoms with Crippen LogP contribution in [0.15, 0.2) is 18.2 Å². The molecule has 19 heavy (non-hydrogen) atoms. The van der Waals surface area contributed by atoms with E-state index in [1.807, 2.05) is 24.0 Å².